The first kappa shape index (κ1) is 17.9. The zero-order valence-corrected chi connectivity index (χ0v) is 13.2. The third-order valence-corrected chi connectivity index (χ3v) is 3.63. The van der Waals surface area contributed by atoms with E-state index in [2.05, 4.69) is 20.8 Å². The van der Waals surface area contributed by atoms with Crippen LogP contribution in [0, 0.1) is 17.8 Å². The molecule has 0 aliphatic carbocycles. The van der Waals surface area contributed by atoms with Gasteiger partial charge in [-0.15, -0.1) is 0 Å². The van der Waals surface area contributed by atoms with Gasteiger partial charge < -0.3 is 9.47 Å². The fourth-order valence-electron chi connectivity index (χ4n) is 2.72. The van der Waals surface area contributed by atoms with E-state index in [0.29, 0.717) is 11.8 Å². The van der Waals surface area contributed by atoms with Gasteiger partial charge >= 0.3 is 0 Å². The summed E-state index contributed by atoms with van der Waals surface area (Å²) >= 11 is 0. The van der Waals surface area contributed by atoms with Gasteiger partial charge in [0.05, 0.1) is 0 Å². The molecule has 0 radical (unpaired) electrons. The van der Waals surface area contributed by atoms with Gasteiger partial charge in [0.1, 0.15) is 0 Å². The minimum Gasteiger partial charge on any atom is -0.384 e. The van der Waals surface area contributed by atoms with E-state index >= 15 is 0 Å². The van der Waals surface area contributed by atoms with Crippen molar-refractivity contribution in [2.45, 2.75) is 59.3 Å². The second kappa shape index (κ2) is 12.0. The number of rotatable bonds is 12. The second-order valence-electron chi connectivity index (χ2n) is 5.91. The number of ether oxygens (including phenoxy) is 2. The lowest BCUT2D eigenvalue weighted by Crippen LogP contribution is -2.25. The molecule has 0 aromatic rings. The zero-order chi connectivity index (χ0) is 13.8. The Morgan fingerprint density at radius 2 is 1.44 bits per heavy atom. The summed E-state index contributed by atoms with van der Waals surface area (Å²) in [5, 5.41) is 0. The highest BCUT2D eigenvalue weighted by Crippen LogP contribution is 2.26. The van der Waals surface area contributed by atoms with E-state index in [-0.39, 0.29) is 0 Å². The van der Waals surface area contributed by atoms with Crippen LogP contribution in [0.25, 0.3) is 0 Å². The second-order valence-corrected chi connectivity index (χ2v) is 5.91. The summed E-state index contributed by atoms with van der Waals surface area (Å²) in [6.07, 6.45) is 7.89. The Morgan fingerprint density at radius 1 is 0.833 bits per heavy atom. The summed E-state index contributed by atoms with van der Waals surface area (Å²) in [6.45, 7) is 8.61. The van der Waals surface area contributed by atoms with E-state index < -0.39 is 0 Å². The van der Waals surface area contributed by atoms with Crippen molar-refractivity contribution < 1.29 is 9.47 Å². The molecule has 2 atom stereocenters. The number of methoxy groups -OCH3 is 2. The number of hydrogen-bond donors (Lipinski definition) is 0. The topological polar surface area (TPSA) is 18.5 Å². The van der Waals surface area contributed by atoms with Crippen LogP contribution >= 0.6 is 0 Å². The monoisotopic (exact) mass is 258 g/mol. The Balaban J connectivity index is 4.20. The van der Waals surface area contributed by atoms with Crippen LogP contribution < -0.4 is 0 Å². The Kier molecular flexibility index (Phi) is 11.9. The average molecular weight is 258 g/mol. The normalized spacial score (nSPS) is 15.0. The van der Waals surface area contributed by atoms with Crippen LogP contribution in [-0.4, -0.2) is 27.4 Å². The molecule has 0 bridgehead atoms. The first-order chi connectivity index (χ1) is 8.65. The minimum atomic E-state index is 0.650. The molecule has 2 nitrogen and oxygen atoms in total. The fraction of sp³-hybridized carbons (Fsp3) is 1.00. The molecular weight excluding hydrogens is 224 g/mol. The molecule has 0 fully saturated rings. The Bertz CT molecular complexity index is 168. The van der Waals surface area contributed by atoms with Crippen LogP contribution in [0.5, 0.6) is 0 Å². The highest BCUT2D eigenvalue weighted by atomic mass is 16.5. The zero-order valence-electron chi connectivity index (χ0n) is 13.2. The molecule has 0 saturated heterocycles. The number of hydrogen-bond acceptors (Lipinski definition) is 2. The summed E-state index contributed by atoms with van der Waals surface area (Å²) < 4.78 is 10.8. The van der Waals surface area contributed by atoms with Crippen molar-refractivity contribution in [2.75, 3.05) is 27.4 Å². The molecule has 0 aliphatic rings. The lowest BCUT2D eigenvalue weighted by molar-refractivity contribution is 0.0548. The summed E-state index contributed by atoms with van der Waals surface area (Å²) in [7, 11) is 3.63. The molecule has 110 valence electrons. The predicted octanol–water partition coefficient (Wildman–Crippen LogP) is 4.53. The summed E-state index contributed by atoms with van der Waals surface area (Å²) in [6, 6.07) is 0. The van der Waals surface area contributed by atoms with E-state index in [1.54, 1.807) is 0 Å². The van der Waals surface area contributed by atoms with Gasteiger partial charge in [0.25, 0.3) is 0 Å². The molecular formula is C16H34O2. The van der Waals surface area contributed by atoms with Crippen molar-refractivity contribution in [1.29, 1.82) is 0 Å². The van der Waals surface area contributed by atoms with Crippen LogP contribution in [0.3, 0.4) is 0 Å². The summed E-state index contributed by atoms with van der Waals surface area (Å²) in [5.41, 5.74) is 0. The molecule has 0 heterocycles. The van der Waals surface area contributed by atoms with Crippen LogP contribution in [0.15, 0.2) is 0 Å². The van der Waals surface area contributed by atoms with Crippen molar-refractivity contribution in [2.24, 2.45) is 17.8 Å². The first-order valence-electron chi connectivity index (χ1n) is 7.63. The van der Waals surface area contributed by atoms with Crippen molar-refractivity contribution in [3.8, 4) is 0 Å². The molecule has 18 heavy (non-hydrogen) atoms. The van der Waals surface area contributed by atoms with Crippen molar-refractivity contribution in [1.82, 2.24) is 0 Å². The largest absolute Gasteiger partial charge is 0.384 e. The van der Waals surface area contributed by atoms with Crippen LogP contribution in [0.4, 0.5) is 0 Å². The minimum absolute atomic E-state index is 0.650. The molecule has 0 aliphatic heterocycles. The maximum atomic E-state index is 5.41. The molecule has 0 amide bonds. The highest BCUT2D eigenvalue weighted by molar-refractivity contribution is 4.71. The quantitative estimate of drug-likeness (QED) is 0.479. The van der Waals surface area contributed by atoms with Gasteiger partial charge in [0.2, 0.25) is 0 Å². The average Bonchev–Trinajstić information content (AvgIpc) is 2.32. The van der Waals surface area contributed by atoms with Crippen LogP contribution in [0.2, 0.25) is 0 Å². The standard InChI is InChI=1S/C16H34O2/c1-6-7-8-9-10-15(12-17-4)16(13-18-5)11-14(2)3/h14-16H,6-13H2,1-5H3. The lowest BCUT2D eigenvalue weighted by Gasteiger charge is -2.27. The van der Waals surface area contributed by atoms with E-state index in [9.17, 15) is 0 Å². The smallest absolute Gasteiger partial charge is 0.0494 e. The summed E-state index contributed by atoms with van der Waals surface area (Å²) in [5.74, 6) is 2.05. The van der Waals surface area contributed by atoms with Gasteiger partial charge in [-0.3, -0.25) is 0 Å². The van der Waals surface area contributed by atoms with Gasteiger partial charge in [-0.1, -0.05) is 46.5 Å². The molecule has 0 aromatic heterocycles. The van der Waals surface area contributed by atoms with Gasteiger partial charge in [-0.2, -0.15) is 0 Å². The Hall–Kier alpha value is -0.0800. The maximum absolute atomic E-state index is 5.41. The Morgan fingerprint density at radius 3 is 1.94 bits per heavy atom. The van der Waals surface area contributed by atoms with E-state index in [1.165, 1.54) is 38.5 Å². The van der Waals surface area contributed by atoms with Crippen molar-refractivity contribution in [3.63, 3.8) is 0 Å². The van der Waals surface area contributed by atoms with Crippen LogP contribution in [0.1, 0.15) is 59.3 Å². The molecule has 0 spiro atoms. The van der Waals surface area contributed by atoms with E-state index in [4.69, 9.17) is 9.47 Å². The Labute approximate surface area is 114 Å². The SMILES string of the molecule is CCCCCCC(COC)C(COC)CC(C)C. The molecule has 0 saturated carbocycles. The van der Waals surface area contributed by atoms with Gasteiger partial charge in [0.15, 0.2) is 0 Å². The van der Waals surface area contributed by atoms with E-state index in [0.717, 1.165) is 19.1 Å². The maximum Gasteiger partial charge on any atom is 0.0494 e. The van der Waals surface area contributed by atoms with Crippen molar-refractivity contribution >= 4 is 0 Å². The molecule has 0 N–H and O–H groups in total. The van der Waals surface area contributed by atoms with Crippen LogP contribution in [-0.2, 0) is 9.47 Å². The van der Waals surface area contributed by atoms with Gasteiger partial charge in [0, 0.05) is 27.4 Å². The molecule has 2 unspecified atom stereocenters. The molecule has 2 heteroatoms. The van der Waals surface area contributed by atoms with Gasteiger partial charge in [-0.05, 0) is 30.6 Å². The third kappa shape index (κ3) is 8.93. The number of unbranched alkanes of at least 4 members (excludes halogenated alkanes) is 3. The predicted molar refractivity (Wildman–Crippen MR) is 78.9 cm³/mol. The lowest BCUT2D eigenvalue weighted by atomic mass is 9.83. The first-order valence-corrected chi connectivity index (χ1v) is 7.63. The summed E-state index contributed by atoms with van der Waals surface area (Å²) in [4.78, 5) is 0. The van der Waals surface area contributed by atoms with Gasteiger partial charge in [-0.25, -0.2) is 0 Å². The molecule has 0 aromatic carbocycles. The third-order valence-electron chi connectivity index (χ3n) is 3.63. The molecule has 0 rings (SSSR count). The van der Waals surface area contributed by atoms with E-state index in [1.807, 2.05) is 14.2 Å². The van der Waals surface area contributed by atoms with Crippen molar-refractivity contribution in [3.05, 3.63) is 0 Å². The highest BCUT2D eigenvalue weighted by Gasteiger charge is 2.22. The fourth-order valence-corrected chi connectivity index (χ4v) is 2.72.